The van der Waals surface area contributed by atoms with E-state index in [1.54, 1.807) is 0 Å². The molecule has 5 rings (SSSR count). The number of nitrogens with one attached hydrogen (secondary N) is 3. The second kappa shape index (κ2) is 8.98. The minimum Gasteiger partial charge on any atom is -0.487 e. The van der Waals surface area contributed by atoms with Gasteiger partial charge in [0, 0.05) is 44.8 Å². The monoisotopic (exact) mass is 453 g/mol. The van der Waals surface area contributed by atoms with Crippen molar-refractivity contribution in [3.63, 3.8) is 0 Å². The highest BCUT2D eigenvalue weighted by Gasteiger charge is 2.40. The lowest BCUT2D eigenvalue weighted by Crippen LogP contribution is -2.62. The summed E-state index contributed by atoms with van der Waals surface area (Å²) in [6, 6.07) is 10.9. The Labute approximate surface area is 195 Å². The van der Waals surface area contributed by atoms with Gasteiger partial charge in [0.05, 0.1) is 25.0 Å². The van der Waals surface area contributed by atoms with Crippen LogP contribution in [0.3, 0.4) is 0 Å². The van der Waals surface area contributed by atoms with Gasteiger partial charge in [-0.15, -0.1) is 0 Å². The number of likely N-dealkylation sites (N-methyl/N-ethyl adjacent to an activating group) is 1. The molecule has 1 aromatic carbocycles. The molecule has 9 nitrogen and oxygen atoms in total. The summed E-state index contributed by atoms with van der Waals surface area (Å²) in [6.07, 6.45) is 2.90. The Kier molecular flexibility index (Phi) is 6.05. The van der Waals surface area contributed by atoms with Crippen molar-refractivity contribution in [2.24, 2.45) is 10.8 Å². The standard InChI is InChI=1S/C24H35N7O2/c1-24(10-20(29-30(24)3)16-7-5-4-6-8-16)28-22-9-21(19(11-25)23(26-2)27-22)33-18-12-31(13-18)17-14-32-15-17/h4-9,17-18,23,26-28H,10-15,25H2,1-3H3. The third kappa shape index (κ3) is 4.33. The van der Waals surface area contributed by atoms with Crippen molar-refractivity contribution in [1.29, 1.82) is 0 Å². The van der Waals surface area contributed by atoms with Gasteiger partial charge >= 0.3 is 0 Å². The molecule has 9 heteroatoms. The van der Waals surface area contributed by atoms with Crippen LogP contribution >= 0.6 is 0 Å². The first-order valence-electron chi connectivity index (χ1n) is 11.7. The molecule has 0 radical (unpaired) electrons. The first-order chi connectivity index (χ1) is 16.0. The summed E-state index contributed by atoms with van der Waals surface area (Å²) in [6.45, 7) is 6.11. The molecule has 178 valence electrons. The number of hydrazone groups is 1. The van der Waals surface area contributed by atoms with Crippen molar-refractivity contribution in [3.8, 4) is 0 Å². The molecule has 33 heavy (non-hydrogen) atoms. The number of likely N-dealkylation sites (tertiary alicyclic amines) is 1. The molecule has 2 saturated heterocycles. The number of benzene rings is 1. The van der Waals surface area contributed by atoms with Gasteiger partial charge < -0.3 is 25.8 Å². The number of allylic oxidation sites excluding steroid dienone is 1. The summed E-state index contributed by atoms with van der Waals surface area (Å²) in [4.78, 5) is 2.42. The summed E-state index contributed by atoms with van der Waals surface area (Å²) < 4.78 is 11.8. The lowest BCUT2D eigenvalue weighted by Gasteiger charge is -2.47. The molecule has 4 heterocycles. The lowest BCUT2D eigenvalue weighted by atomic mass is 10.00. The van der Waals surface area contributed by atoms with Crippen molar-refractivity contribution in [2.45, 2.75) is 37.3 Å². The fraction of sp³-hybridized carbons (Fsp3) is 0.542. The molecule has 0 aliphatic carbocycles. The van der Waals surface area contributed by atoms with Gasteiger partial charge in [0.15, 0.2) is 0 Å². The van der Waals surface area contributed by atoms with Crippen LogP contribution in [0, 0.1) is 0 Å². The number of ether oxygens (including phenoxy) is 2. The molecule has 2 fully saturated rings. The maximum Gasteiger partial charge on any atom is 0.130 e. The van der Waals surface area contributed by atoms with Gasteiger partial charge in [0.25, 0.3) is 0 Å². The van der Waals surface area contributed by atoms with E-state index in [9.17, 15) is 0 Å². The number of nitrogens with two attached hydrogens (primary N) is 1. The van der Waals surface area contributed by atoms with Crippen molar-refractivity contribution < 1.29 is 9.47 Å². The Morgan fingerprint density at radius 2 is 2.03 bits per heavy atom. The molecular weight excluding hydrogens is 418 g/mol. The van der Waals surface area contributed by atoms with Gasteiger partial charge in [0.1, 0.15) is 29.5 Å². The first-order valence-corrected chi connectivity index (χ1v) is 11.7. The zero-order chi connectivity index (χ0) is 23.0. The summed E-state index contributed by atoms with van der Waals surface area (Å²) in [5.74, 6) is 1.74. The highest BCUT2D eigenvalue weighted by atomic mass is 16.5. The van der Waals surface area contributed by atoms with E-state index >= 15 is 0 Å². The summed E-state index contributed by atoms with van der Waals surface area (Å²) in [7, 11) is 3.93. The van der Waals surface area contributed by atoms with E-state index in [1.165, 1.54) is 0 Å². The molecule has 4 aliphatic rings. The molecule has 0 bridgehead atoms. The molecule has 5 N–H and O–H groups in total. The Balaban J connectivity index is 1.29. The number of dihydropyridines is 1. The minimum absolute atomic E-state index is 0.0986. The van der Waals surface area contributed by atoms with E-state index in [0.717, 1.165) is 61.2 Å². The van der Waals surface area contributed by atoms with E-state index in [0.29, 0.717) is 12.6 Å². The second-order valence-corrected chi connectivity index (χ2v) is 9.41. The Morgan fingerprint density at radius 3 is 2.67 bits per heavy atom. The lowest BCUT2D eigenvalue weighted by molar-refractivity contribution is -0.126. The van der Waals surface area contributed by atoms with Crippen LogP contribution in [0.25, 0.3) is 0 Å². The summed E-state index contributed by atoms with van der Waals surface area (Å²) in [5, 5.41) is 17.3. The number of hydrogen-bond acceptors (Lipinski definition) is 9. The summed E-state index contributed by atoms with van der Waals surface area (Å²) >= 11 is 0. The van der Waals surface area contributed by atoms with E-state index in [4.69, 9.17) is 20.3 Å². The van der Waals surface area contributed by atoms with Crippen LogP contribution in [0.1, 0.15) is 18.9 Å². The Hall–Kier alpha value is -2.59. The molecule has 1 aromatic rings. The van der Waals surface area contributed by atoms with E-state index in [1.807, 2.05) is 43.4 Å². The van der Waals surface area contributed by atoms with Crippen LogP contribution in [0.2, 0.25) is 0 Å². The first kappa shape index (κ1) is 22.2. The predicted molar refractivity (Wildman–Crippen MR) is 128 cm³/mol. The van der Waals surface area contributed by atoms with Crippen LogP contribution in [-0.2, 0) is 9.47 Å². The Bertz CT molecular complexity index is 953. The second-order valence-electron chi connectivity index (χ2n) is 9.41. The highest BCUT2D eigenvalue weighted by Crippen LogP contribution is 2.29. The van der Waals surface area contributed by atoms with Crippen LogP contribution < -0.4 is 21.7 Å². The highest BCUT2D eigenvalue weighted by molar-refractivity contribution is 6.02. The van der Waals surface area contributed by atoms with Crippen molar-refractivity contribution in [3.05, 3.63) is 59.1 Å². The van der Waals surface area contributed by atoms with E-state index < -0.39 is 0 Å². The molecule has 0 spiro atoms. The topological polar surface area (TPSA) is 99.4 Å². The van der Waals surface area contributed by atoms with Crippen LogP contribution in [0.4, 0.5) is 0 Å². The van der Waals surface area contributed by atoms with Gasteiger partial charge in [-0.3, -0.25) is 15.2 Å². The number of rotatable bonds is 8. The van der Waals surface area contributed by atoms with Crippen LogP contribution in [-0.4, -0.2) is 86.5 Å². The fourth-order valence-electron chi connectivity index (χ4n) is 4.73. The quantitative estimate of drug-likeness (QED) is 0.447. The number of hydrogen-bond donors (Lipinski definition) is 4. The Morgan fingerprint density at radius 1 is 1.27 bits per heavy atom. The average molecular weight is 454 g/mol. The summed E-state index contributed by atoms with van der Waals surface area (Å²) in [5.41, 5.74) is 8.99. The molecule has 0 saturated carbocycles. The van der Waals surface area contributed by atoms with Crippen molar-refractivity contribution >= 4 is 5.71 Å². The van der Waals surface area contributed by atoms with Crippen LogP contribution in [0.5, 0.6) is 0 Å². The van der Waals surface area contributed by atoms with Gasteiger partial charge in [-0.25, -0.2) is 0 Å². The van der Waals surface area contributed by atoms with Gasteiger partial charge in [-0.1, -0.05) is 30.3 Å². The zero-order valence-corrected chi connectivity index (χ0v) is 19.7. The maximum absolute atomic E-state index is 6.44. The zero-order valence-electron chi connectivity index (χ0n) is 19.7. The molecule has 0 amide bonds. The van der Waals surface area contributed by atoms with Crippen LogP contribution in [0.15, 0.2) is 58.7 Å². The SMILES string of the molecule is CNC1NC(NC2(C)CC(c3ccccc3)=NN2C)=CC(OC2CN(C3COC3)C2)=C1CN. The fourth-order valence-corrected chi connectivity index (χ4v) is 4.73. The predicted octanol–water partition coefficient (Wildman–Crippen LogP) is 0.335. The van der Waals surface area contributed by atoms with E-state index in [2.05, 4.69) is 39.9 Å². The third-order valence-electron chi connectivity index (χ3n) is 7.06. The molecule has 0 aromatic heterocycles. The largest absolute Gasteiger partial charge is 0.487 e. The third-order valence-corrected chi connectivity index (χ3v) is 7.06. The van der Waals surface area contributed by atoms with Gasteiger partial charge in [-0.05, 0) is 19.5 Å². The van der Waals surface area contributed by atoms with Gasteiger partial charge in [0.2, 0.25) is 0 Å². The molecule has 2 unspecified atom stereocenters. The smallest absolute Gasteiger partial charge is 0.130 e. The van der Waals surface area contributed by atoms with Gasteiger partial charge in [-0.2, -0.15) is 5.10 Å². The minimum atomic E-state index is -0.370. The van der Waals surface area contributed by atoms with E-state index in [-0.39, 0.29) is 17.9 Å². The van der Waals surface area contributed by atoms with Crippen molar-refractivity contribution in [2.75, 3.05) is 46.9 Å². The average Bonchev–Trinajstić information content (AvgIpc) is 3.05. The van der Waals surface area contributed by atoms with Crippen molar-refractivity contribution in [1.82, 2.24) is 25.9 Å². The molecule has 2 atom stereocenters. The molecular formula is C24H35N7O2. The maximum atomic E-state index is 6.44. The number of nitrogens with zero attached hydrogens (tertiary/aromatic N) is 3. The normalized spacial score (nSPS) is 28.6. The molecule has 4 aliphatic heterocycles.